The topological polar surface area (TPSA) is 24.9 Å². The Labute approximate surface area is 160 Å². The van der Waals surface area contributed by atoms with Crippen LogP contribution in [0, 0.1) is 5.82 Å². The number of hydrogen-bond acceptors (Lipinski definition) is 3. The number of rotatable bonds is 5. The summed E-state index contributed by atoms with van der Waals surface area (Å²) in [5.74, 6) is -0.272. The molecule has 2 nitrogen and oxygen atoms in total. The van der Waals surface area contributed by atoms with E-state index in [1.807, 2.05) is 35.7 Å². The number of nitrogens with one attached hydrogen (secondary N) is 1. The van der Waals surface area contributed by atoms with E-state index < -0.39 is 0 Å². The van der Waals surface area contributed by atoms with Crippen LogP contribution in [0.4, 0.5) is 4.39 Å². The lowest BCUT2D eigenvalue weighted by Gasteiger charge is -2.12. The summed E-state index contributed by atoms with van der Waals surface area (Å²) in [6, 6.07) is 16.6. The van der Waals surface area contributed by atoms with Gasteiger partial charge in [0.15, 0.2) is 0 Å². The van der Waals surface area contributed by atoms with Gasteiger partial charge in [-0.3, -0.25) is 0 Å². The van der Waals surface area contributed by atoms with E-state index in [-0.39, 0.29) is 5.82 Å². The smallest absolute Gasteiger partial charge is 0.125 e. The van der Waals surface area contributed by atoms with E-state index in [4.69, 9.17) is 16.6 Å². The molecule has 26 heavy (non-hydrogen) atoms. The maximum absolute atomic E-state index is 13.6. The van der Waals surface area contributed by atoms with Gasteiger partial charge < -0.3 is 5.32 Å². The molecule has 4 aromatic rings. The van der Waals surface area contributed by atoms with Crippen LogP contribution in [0.3, 0.4) is 0 Å². The van der Waals surface area contributed by atoms with E-state index in [0.29, 0.717) is 18.6 Å². The lowest BCUT2D eigenvalue weighted by atomic mass is 10.0. The maximum Gasteiger partial charge on any atom is 0.125 e. The minimum absolute atomic E-state index is 0.272. The fourth-order valence-electron chi connectivity index (χ4n) is 2.94. The Morgan fingerprint density at radius 2 is 1.85 bits per heavy atom. The number of nitrogens with zero attached hydrogens (tertiary/aromatic N) is 1. The normalized spacial score (nSPS) is 11.2. The van der Waals surface area contributed by atoms with Gasteiger partial charge in [0.2, 0.25) is 0 Å². The van der Waals surface area contributed by atoms with Gasteiger partial charge in [0.05, 0.1) is 11.2 Å². The number of pyridine rings is 1. The maximum atomic E-state index is 13.6. The van der Waals surface area contributed by atoms with Gasteiger partial charge in [-0.15, -0.1) is 0 Å². The quantitative estimate of drug-likeness (QED) is 0.454. The molecule has 2 aromatic carbocycles. The highest BCUT2D eigenvalue weighted by molar-refractivity contribution is 7.08. The summed E-state index contributed by atoms with van der Waals surface area (Å²) in [4.78, 5) is 4.72. The van der Waals surface area contributed by atoms with Gasteiger partial charge in [-0.2, -0.15) is 11.3 Å². The van der Waals surface area contributed by atoms with E-state index in [1.54, 1.807) is 17.4 Å². The third-order valence-electron chi connectivity index (χ3n) is 4.24. The van der Waals surface area contributed by atoms with Gasteiger partial charge >= 0.3 is 0 Å². The zero-order valence-corrected chi connectivity index (χ0v) is 15.4. The first-order valence-electron chi connectivity index (χ1n) is 8.26. The molecule has 0 amide bonds. The first-order chi connectivity index (χ1) is 12.7. The summed E-state index contributed by atoms with van der Waals surface area (Å²) >= 11 is 7.85. The van der Waals surface area contributed by atoms with Crippen molar-refractivity contribution in [1.82, 2.24) is 10.3 Å². The molecular weight excluding hydrogens is 367 g/mol. The second-order valence-electron chi connectivity index (χ2n) is 6.04. The van der Waals surface area contributed by atoms with Crippen molar-refractivity contribution in [1.29, 1.82) is 0 Å². The van der Waals surface area contributed by atoms with Crippen LogP contribution >= 0.6 is 22.9 Å². The number of hydrogen-bond donors (Lipinski definition) is 1. The van der Waals surface area contributed by atoms with Crippen molar-refractivity contribution in [2.24, 2.45) is 0 Å². The number of fused-ring (bicyclic) bond motifs is 1. The Kier molecular flexibility index (Phi) is 4.98. The first kappa shape index (κ1) is 17.2. The second-order valence-corrected chi connectivity index (χ2v) is 7.23. The van der Waals surface area contributed by atoms with Gasteiger partial charge in [0.1, 0.15) is 5.82 Å². The fraction of sp³-hybridized carbons (Fsp3) is 0.0952. The molecule has 0 aliphatic rings. The summed E-state index contributed by atoms with van der Waals surface area (Å²) in [6.07, 6.45) is 0. The SMILES string of the molecule is Fc1ccc2cc(CNCc3ccccc3Cl)c(-c3ccsc3)nc2c1. The summed E-state index contributed by atoms with van der Waals surface area (Å²) in [5, 5.41) is 9.21. The van der Waals surface area contributed by atoms with Gasteiger partial charge in [-0.05, 0) is 46.8 Å². The average Bonchev–Trinajstić information content (AvgIpc) is 3.17. The molecule has 0 aliphatic carbocycles. The minimum Gasteiger partial charge on any atom is -0.308 e. The Hall–Kier alpha value is -2.27. The summed E-state index contributed by atoms with van der Waals surface area (Å²) in [5.41, 5.74) is 4.74. The van der Waals surface area contributed by atoms with Crippen molar-refractivity contribution >= 4 is 33.8 Å². The van der Waals surface area contributed by atoms with Gasteiger partial charge in [-0.1, -0.05) is 29.8 Å². The molecule has 0 unspecified atom stereocenters. The zero-order valence-electron chi connectivity index (χ0n) is 13.9. The van der Waals surface area contributed by atoms with E-state index in [2.05, 4.69) is 16.8 Å². The molecule has 2 aromatic heterocycles. The van der Waals surface area contributed by atoms with Crippen LogP contribution in [-0.4, -0.2) is 4.98 Å². The van der Waals surface area contributed by atoms with Crippen LogP contribution < -0.4 is 5.32 Å². The summed E-state index contributed by atoms with van der Waals surface area (Å²) in [7, 11) is 0. The lowest BCUT2D eigenvalue weighted by Crippen LogP contribution is -2.14. The standard InChI is InChI=1S/C21H16ClFN2S/c22-19-4-2-1-3-15(19)11-24-12-17-9-14-5-6-18(23)10-20(14)25-21(17)16-7-8-26-13-16/h1-10,13,24H,11-12H2. The highest BCUT2D eigenvalue weighted by atomic mass is 35.5. The molecule has 0 bridgehead atoms. The van der Waals surface area contributed by atoms with Crippen LogP contribution in [0.1, 0.15) is 11.1 Å². The second kappa shape index (κ2) is 7.54. The van der Waals surface area contributed by atoms with Gasteiger partial charge in [0, 0.05) is 40.5 Å². The lowest BCUT2D eigenvalue weighted by molar-refractivity contribution is 0.629. The van der Waals surface area contributed by atoms with Crippen molar-refractivity contribution in [2.45, 2.75) is 13.1 Å². The van der Waals surface area contributed by atoms with Gasteiger partial charge in [-0.25, -0.2) is 9.37 Å². The van der Waals surface area contributed by atoms with Crippen LogP contribution in [0.15, 0.2) is 65.4 Å². The van der Waals surface area contributed by atoms with E-state index in [0.717, 1.165) is 32.8 Å². The molecule has 0 atom stereocenters. The third-order valence-corrected chi connectivity index (χ3v) is 5.29. The van der Waals surface area contributed by atoms with E-state index >= 15 is 0 Å². The molecule has 1 N–H and O–H groups in total. The molecule has 2 heterocycles. The molecule has 0 spiro atoms. The number of halogens is 2. The Morgan fingerprint density at radius 3 is 2.65 bits per heavy atom. The Morgan fingerprint density at radius 1 is 1.00 bits per heavy atom. The minimum atomic E-state index is -0.272. The number of benzene rings is 2. The molecule has 4 rings (SSSR count). The van der Waals surface area contributed by atoms with Crippen molar-refractivity contribution < 1.29 is 4.39 Å². The third kappa shape index (κ3) is 3.63. The molecule has 5 heteroatoms. The molecular formula is C21H16ClFN2S. The van der Waals surface area contributed by atoms with Crippen molar-refractivity contribution in [2.75, 3.05) is 0 Å². The molecule has 0 fully saturated rings. The van der Waals surface area contributed by atoms with E-state index in [1.165, 1.54) is 12.1 Å². The first-order valence-corrected chi connectivity index (χ1v) is 9.58. The predicted octanol–water partition coefficient (Wildman–Crippen LogP) is 6.05. The van der Waals surface area contributed by atoms with Crippen molar-refractivity contribution in [3.8, 4) is 11.3 Å². The number of thiophene rings is 1. The summed E-state index contributed by atoms with van der Waals surface area (Å²) < 4.78 is 13.6. The van der Waals surface area contributed by atoms with Crippen molar-refractivity contribution in [3.63, 3.8) is 0 Å². The highest BCUT2D eigenvalue weighted by Gasteiger charge is 2.11. The molecule has 0 radical (unpaired) electrons. The highest BCUT2D eigenvalue weighted by Crippen LogP contribution is 2.28. The molecule has 0 aliphatic heterocycles. The number of aromatic nitrogens is 1. The fourth-order valence-corrected chi connectivity index (χ4v) is 3.78. The van der Waals surface area contributed by atoms with Crippen LogP contribution in [0.25, 0.3) is 22.2 Å². The Bertz CT molecular complexity index is 1050. The largest absolute Gasteiger partial charge is 0.308 e. The zero-order chi connectivity index (χ0) is 17.9. The van der Waals surface area contributed by atoms with E-state index in [9.17, 15) is 4.39 Å². The predicted molar refractivity (Wildman–Crippen MR) is 107 cm³/mol. The molecule has 0 saturated carbocycles. The molecule has 130 valence electrons. The van der Waals surface area contributed by atoms with Crippen molar-refractivity contribution in [3.05, 3.63) is 87.3 Å². The average molecular weight is 383 g/mol. The summed E-state index contributed by atoms with van der Waals surface area (Å²) in [6.45, 7) is 1.32. The van der Waals surface area contributed by atoms with Crippen LogP contribution in [0.2, 0.25) is 5.02 Å². The Balaban J connectivity index is 1.65. The van der Waals surface area contributed by atoms with Gasteiger partial charge in [0.25, 0.3) is 0 Å². The molecule has 0 saturated heterocycles. The van der Waals surface area contributed by atoms with Crippen LogP contribution in [-0.2, 0) is 13.1 Å². The monoisotopic (exact) mass is 382 g/mol. The van der Waals surface area contributed by atoms with Crippen LogP contribution in [0.5, 0.6) is 0 Å².